The molecule has 3 nitrogen and oxygen atoms in total. The van der Waals surface area contributed by atoms with Crippen molar-refractivity contribution in [2.24, 2.45) is 5.41 Å². The largest absolute Gasteiger partial charge is 0.444 e. The number of carbonyl (C=O) groups is 1. The van der Waals surface area contributed by atoms with Crippen molar-refractivity contribution < 1.29 is 9.53 Å². The summed E-state index contributed by atoms with van der Waals surface area (Å²) >= 11 is 3.47. The fraction of sp³-hybridized carbons (Fsp3) is 0.588. The van der Waals surface area contributed by atoms with Crippen molar-refractivity contribution >= 4 is 22.0 Å². The van der Waals surface area contributed by atoms with Gasteiger partial charge in [-0.3, -0.25) is 0 Å². The molecule has 21 heavy (non-hydrogen) atoms. The van der Waals surface area contributed by atoms with Gasteiger partial charge in [0, 0.05) is 23.0 Å². The molecule has 1 aromatic rings. The maximum Gasteiger partial charge on any atom is 0.410 e. The van der Waals surface area contributed by atoms with Crippen molar-refractivity contribution in [2.75, 3.05) is 13.1 Å². The smallest absolute Gasteiger partial charge is 0.410 e. The monoisotopic (exact) mass is 351 g/mol. The molecule has 1 aromatic carbocycles. The Morgan fingerprint density at radius 2 is 1.81 bits per heavy atom. The highest BCUT2D eigenvalue weighted by Crippen LogP contribution is 2.56. The fourth-order valence-electron chi connectivity index (χ4n) is 3.43. The van der Waals surface area contributed by atoms with E-state index >= 15 is 0 Å². The van der Waals surface area contributed by atoms with Gasteiger partial charge in [-0.25, -0.2) is 4.79 Å². The lowest BCUT2D eigenvalue weighted by atomic mass is 9.56. The number of benzene rings is 1. The van der Waals surface area contributed by atoms with E-state index in [0.717, 1.165) is 17.6 Å². The highest BCUT2D eigenvalue weighted by molar-refractivity contribution is 9.10. The van der Waals surface area contributed by atoms with Crippen molar-refractivity contribution in [3.63, 3.8) is 0 Å². The van der Waals surface area contributed by atoms with Crippen molar-refractivity contribution in [3.05, 3.63) is 34.3 Å². The van der Waals surface area contributed by atoms with E-state index in [-0.39, 0.29) is 6.09 Å². The number of rotatable bonds is 1. The number of hydrogen-bond acceptors (Lipinski definition) is 2. The molecule has 2 fully saturated rings. The number of nitrogens with zero attached hydrogens (tertiary/aromatic N) is 1. The Bertz CT molecular complexity index is 533. The second kappa shape index (κ2) is 5.01. The van der Waals surface area contributed by atoms with Crippen molar-refractivity contribution in [1.29, 1.82) is 0 Å². The number of halogens is 1. The molecule has 0 atom stereocenters. The van der Waals surface area contributed by atoms with Gasteiger partial charge in [-0.1, -0.05) is 28.1 Å². The third kappa shape index (κ3) is 3.10. The van der Waals surface area contributed by atoms with Crippen molar-refractivity contribution in [2.45, 2.75) is 45.1 Å². The summed E-state index contributed by atoms with van der Waals surface area (Å²) in [5.41, 5.74) is 1.37. The third-order valence-electron chi connectivity index (χ3n) is 4.40. The summed E-state index contributed by atoms with van der Waals surface area (Å²) in [5.74, 6) is 0.652. The standard InChI is InChI=1S/C17H22BrNO2/c1-16(2,3)21-15(20)19-10-17(11-19)8-13(9-17)12-4-6-14(18)7-5-12/h4-7,13H,8-11H2,1-3H3. The van der Waals surface area contributed by atoms with Gasteiger partial charge in [0.25, 0.3) is 0 Å². The van der Waals surface area contributed by atoms with E-state index < -0.39 is 5.60 Å². The van der Waals surface area contributed by atoms with Crippen LogP contribution in [0.25, 0.3) is 0 Å². The normalized spacial score (nSPS) is 20.9. The van der Waals surface area contributed by atoms with Crippen LogP contribution in [0.5, 0.6) is 0 Å². The minimum absolute atomic E-state index is 0.166. The number of carbonyl (C=O) groups excluding carboxylic acids is 1. The van der Waals surface area contributed by atoms with Crippen molar-refractivity contribution in [3.8, 4) is 0 Å². The maximum absolute atomic E-state index is 12.0. The first-order valence-corrected chi connectivity index (χ1v) is 8.29. The summed E-state index contributed by atoms with van der Waals surface area (Å²) in [6, 6.07) is 8.61. The van der Waals surface area contributed by atoms with Crippen LogP contribution in [0.15, 0.2) is 28.7 Å². The van der Waals surface area contributed by atoms with Gasteiger partial charge in [0.05, 0.1) is 0 Å². The van der Waals surface area contributed by atoms with Crippen LogP contribution in [-0.2, 0) is 4.74 Å². The zero-order valence-electron chi connectivity index (χ0n) is 12.9. The van der Waals surface area contributed by atoms with E-state index in [0.29, 0.717) is 11.3 Å². The summed E-state index contributed by atoms with van der Waals surface area (Å²) < 4.78 is 6.54. The number of likely N-dealkylation sites (tertiary alicyclic amines) is 1. The van der Waals surface area contributed by atoms with Crippen LogP contribution < -0.4 is 0 Å². The molecule has 0 radical (unpaired) electrons. The minimum atomic E-state index is -0.403. The molecule has 0 aromatic heterocycles. The summed E-state index contributed by atoms with van der Waals surface area (Å²) in [6.07, 6.45) is 2.21. The van der Waals surface area contributed by atoms with Crippen LogP contribution in [-0.4, -0.2) is 29.7 Å². The molecule has 1 saturated carbocycles. The molecule has 1 amide bonds. The summed E-state index contributed by atoms with van der Waals surface area (Å²) in [5, 5.41) is 0. The zero-order valence-corrected chi connectivity index (χ0v) is 14.4. The molecule has 2 aliphatic rings. The van der Waals surface area contributed by atoms with Crippen LogP contribution >= 0.6 is 15.9 Å². The number of hydrogen-bond donors (Lipinski definition) is 0. The highest BCUT2D eigenvalue weighted by atomic mass is 79.9. The lowest BCUT2D eigenvalue weighted by molar-refractivity contribution is -0.0786. The van der Waals surface area contributed by atoms with Crippen LogP contribution in [0.2, 0.25) is 0 Å². The second-order valence-electron chi connectivity index (χ2n) is 7.49. The molecule has 4 heteroatoms. The van der Waals surface area contributed by atoms with E-state index in [4.69, 9.17) is 4.74 Å². The molecule has 0 N–H and O–H groups in total. The summed E-state index contributed by atoms with van der Waals surface area (Å²) in [7, 11) is 0. The molecule has 1 heterocycles. The molecule has 0 unspecified atom stereocenters. The molecule has 1 spiro atoms. The van der Waals surface area contributed by atoms with Crippen LogP contribution in [0, 0.1) is 5.41 Å². The molecule has 0 bridgehead atoms. The molecule has 1 aliphatic carbocycles. The van der Waals surface area contributed by atoms with E-state index in [1.807, 2.05) is 25.7 Å². The first kappa shape index (κ1) is 14.9. The Kier molecular flexibility index (Phi) is 3.55. The van der Waals surface area contributed by atoms with Gasteiger partial charge in [0.15, 0.2) is 0 Å². The third-order valence-corrected chi connectivity index (χ3v) is 4.93. The molecule has 3 rings (SSSR count). The first-order chi connectivity index (χ1) is 9.76. The molecule has 114 valence electrons. The van der Waals surface area contributed by atoms with E-state index in [2.05, 4.69) is 40.2 Å². The van der Waals surface area contributed by atoms with E-state index in [9.17, 15) is 4.79 Å². The number of amides is 1. The van der Waals surface area contributed by atoms with Gasteiger partial charge < -0.3 is 9.64 Å². The van der Waals surface area contributed by atoms with E-state index in [1.54, 1.807) is 0 Å². The van der Waals surface area contributed by atoms with Gasteiger partial charge in [-0.05, 0) is 57.2 Å². The second-order valence-corrected chi connectivity index (χ2v) is 8.41. The SMILES string of the molecule is CC(C)(C)OC(=O)N1CC2(CC(c3ccc(Br)cc3)C2)C1. The van der Waals surface area contributed by atoms with Crippen LogP contribution in [0.4, 0.5) is 4.79 Å². The topological polar surface area (TPSA) is 29.5 Å². The lowest BCUT2D eigenvalue weighted by Crippen LogP contribution is -2.63. The molecule has 1 aliphatic heterocycles. The van der Waals surface area contributed by atoms with Crippen LogP contribution in [0.1, 0.15) is 45.1 Å². The lowest BCUT2D eigenvalue weighted by Gasteiger charge is -2.58. The quantitative estimate of drug-likeness (QED) is 0.741. The van der Waals surface area contributed by atoms with Gasteiger partial charge in [-0.15, -0.1) is 0 Å². The number of ether oxygens (including phenoxy) is 1. The Morgan fingerprint density at radius 1 is 1.24 bits per heavy atom. The predicted octanol–water partition coefficient (Wildman–Crippen LogP) is 4.56. The maximum atomic E-state index is 12.0. The van der Waals surface area contributed by atoms with Crippen LogP contribution in [0.3, 0.4) is 0 Å². The Labute approximate surface area is 134 Å². The Hall–Kier alpha value is -1.03. The predicted molar refractivity (Wildman–Crippen MR) is 86.4 cm³/mol. The average molecular weight is 352 g/mol. The fourth-order valence-corrected chi connectivity index (χ4v) is 3.70. The van der Waals surface area contributed by atoms with Gasteiger partial charge in [0.2, 0.25) is 0 Å². The highest BCUT2D eigenvalue weighted by Gasteiger charge is 2.54. The molecule has 1 saturated heterocycles. The minimum Gasteiger partial charge on any atom is -0.444 e. The first-order valence-electron chi connectivity index (χ1n) is 7.50. The zero-order chi connectivity index (χ0) is 15.3. The van der Waals surface area contributed by atoms with E-state index in [1.165, 1.54) is 18.4 Å². The van der Waals surface area contributed by atoms with Gasteiger partial charge in [0.1, 0.15) is 5.60 Å². The Balaban J connectivity index is 1.50. The van der Waals surface area contributed by atoms with Gasteiger partial charge >= 0.3 is 6.09 Å². The Morgan fingerprint density at radius 3 is 2.33 bits per heavy atom. The average Bonchev–Trinajstić information content (AvgIpc) is 2.25. The summed E-state index contributed by atoms with van der Waals surface area (Å²) in [6.45, 7) is 7.44. The van der Waals surface area contributed by atoms with Gasteiger partial charge in [-0.2, -0.15) is 0 Å². The van der Waals surface area contributed by atoms with Crippen molar-refractivity contribution in [1.82, 2.24) is 4.90 Å². The molecular formula is C17H22BrNO2. The summed E-state index contributed by atoms with van der Waals surface area (Å²) in [4.78, 5) is 13.8. The molecular weight excluding hydrogens is 330 g/mol.